The van der Waals surface area contributed by atoms with Crippen molar-refractivity contribution in [2.75, 3.05) is 19.3 Å². The third kappa shape index (κ3) is 4.61. The van der Waals surface area contributed by atoms with Crippen LogP contribution in [-0.4, -0.2) is 33.5 Å². The fourth-order valence-corrected chi connectivity index (χ4v) is 3.54. The second kappa shape index (κ2) is 7.33. The second-order valence-electron chi connectivity index (χ2n) is 5.88. The first-order valence-corrected chi connectivity index (χ1v) is 9.49. The van der Waals surface area contributed by atoms with Crippen LogP contribution in [0.2, 0.25) is 0 Å². The Morgan fingerprint density at radius 2 is 2.00 bits per heavy atom. The zero-order valence-electron chi connectivity index (χ0n) is 12.8. The summed E-state index contributed by atoms with van der Waals surface area (Å²) in [4.78, 5) is 11.8. The van der Waals surface area contributed by atoms with Gasteiger partial charge in [-0.15, -0.1) is 0 Å². The Morgan fingerprint density at radius 3 is 2.59 bits per heavy atom. The highest BCUT2D eigenvalue weighted by atomic mass is 32.2. The van der Waals surface area contributed by atoms with Crippen LogP contribution in [0.3, 0.4) is 0 Å². The molecule has 1 aromatic carbocycles. The van der Waals surface area contributed by atoms with Crippen LogP contribution in [-0.2, 0) is 21.1 Å². The van der Waals surface area contributed by atoms with Gasteiger partial charge in [0.2, 0.25) is 0 Å². The summed E-state index contributed by atoms with van der Waals surface area (Å²) in [6.07, 6.45) is 4.54. The first-order chi connectivity index (χ1) is 10.4. The van der Waals surface area contributed by atoms with Gasteiger partial charge in [-0.2, -0.15) is 0 Å². The van der Waals surface area contributed by atoms with Crippen LogP contribution in [0.25, 0.3) is 0 Å². The van der Waals surface area contributed by atoms with Crippen LogP contribution < -0.4 is 5.32 Å². The first-order valence-electron chi connectivity index (χ1n) is 7.60. The predicted molar refractivity (Wildman–Crippen MR) is 83.0 cm³/mol. The predicted octanol–water partition coefficient (Wildman–Crippen LogP) is 2.12. The van der Waals surface area contributed by atoms with Gasteiger partial charge in [0.15, 0.2) is 9.84 Å². The molecule has 4 nitrogen and oxygen atoms in total. The number of sulfone groups is 1. The number of Topliss-reactive ketones (excluding diaryl/α,β-unsaturated/α-hetero) is 1. The van der Waals surface area contributed by atoms with Gasteiger partial charge in [0, 0.05) is 18.6 Å². The minimum atomic E-state index is -3.53. The summed E-state index contributed by atoms with van der Waals surface area (Å²) >= 11 is 0. The molecule has 0 saturated carbocycles. The smallest absolute Gasteiger partial charge is 0.178 e. The number of nitrogens with one attached hydrogen (secondary N) is 1. The molecule has 0 bridgehead atoms. The molecule has 1 aromatic rings. The number of carbonyl (C=O) groups excluding carboxylic acids is 1. The van der Waals surface area contributed by atoms with Crippen LogP contribution >= 0.6 is 0 Å². The highest BCUT2D eigenvalue weighted by molar-refractivity contribution is 7.90. The fraction of sp³-hybridized carbons (Fsp3) is 0.562. The van der Waals surface area contributed by atoms with E-state index in [9.17, 15) is 17.6 Å². The van der Waals surface area contributed by atoms with Gasteiger partial charge >= 0.3 is 0 Å². The summed E-state index contributed by atoms with van der Waals surface area (Å²) in [7, 11) is -3.53. The van der Waals surface area contributed by atoms with E-state index in [1.165, 1.54) is 12.1 Å². The molecule has 22 heavy (non-hydrogen) atoms. The molecule has 1 N–H and O–H groups in total. The Hall–Kier alpha value is -1.27. The number of carbonyl (C=O) groups is 1. The number of hydrogen-bond acceptors (Lipinski definition) is 4. The van der Waals surface area contributed by atoms with E-state index in [4.69, 9.17) is 0 Å². The number of benzene rings is 1. The monoisotopic (exact) mass is 327 g/mol. The summed E-state index contributed by atoms with van der Waals surface area (Å²) in [6, 6.07) is 4.18. The van der Waals surface area contributed by atoms with Gasteiger partial charge in [0.25, 0.3) is 0 Å². The summed E-state index contributed by atoms with van der Waals surface area (Å²) in [5, 5.41) is 3.23. The normalized spacial score (nSPS) is 16.6. The molecule has 2 rings (SSSR count). The van der Waals surface area contributed by atoms with Crippen LogP contribution in [0.5, 0.6) is 0 Å². The Morgan fingerprint density at radius 1 is 1.32 bits per heavy atom. The molecule has 0 unspecified atom stereocenters. The summed E-state index contributed by atoms with van der Waals surface area (Å²) in [5.74, 6) is -0.273. The van der Waals surface area contributed by atoms with Crippen molar-refractivity contribution in [3.63, 3.8) is 0 Å². The van der Waals surface area contributed by atoms with E-state index < -0.39 is 15.7 Å². The summed E-state index contributed by atoms with van der Waals surface area (Å²) in [5.41, 5.74) is 0.725. The molecule has 1 heterocycles. The number of aryl methyl sites for hydroxylation is 1. The largest absolute Gasteiger partial charge is 0.317 e. The lowest BCUT2D eigenvalue weighted by Gasteiger charge is -2.21. The van der Waals surface area contributed by atoms with E-state index in [0.29, 0.717) is 19.3 Å². The van der Waals surface area contributed by atoms with Crippen molar-refractivity contribution in [1.29, 1.82) is 0 Å². The van der Waals surface area contributed by atoms with E-state index in [2.05, 4.69) is 5.32 Å². The molecule has 0 spiro atoms. The minimum absolute atomic E-state index is 0.158. The molecular weight excluding hydrogens is 305 g/mol. The third-order valence-electron chi connectivity index (χ3n) is 4.08. The van der Waals surface area contributed by atoms with Crippen molar-refractivity contribution < 1.29 is 17.6 Å². The van der Waals surface area contributed by atoms with Crippen LogP contribution in [0.1, 0.15) is 31.2 Å². The fourth-order valence-electron chi connectivity index (χ4n) is 2.82. The molecule has 1 fully saturated rings. The first kappa shape index (κ1) is 17.1. The van der Waals surface area contributed by atoms with Gasteiger partial charge in [-0.05, 0) is 56.5 Å². The molecule has 0 radical (unpaired) electrons. The average molecular weight is 327 g/mol. The number of rotatable bonds is 6. The van der Waals surface area contributed by atoms with E-state index in [-0.39, 0.29) is 16.6 Å². The number of piperidine rings is 1. The molecule has 0 aliphatic carbocycles. The minimum Gasteiger partial charge on any atom is -0.317 e. The highest BCUT2D eigenvalue weighted by Gasteiger charge is 2.20. The lowest BCUT2D eigenvalue weighted by molar-refractivity contribution is -0.123. The number of hydrogen-bond donors (Lipinski definition) is 1. The quantitative estimate of drug-likeness (QED) is 0.869. The summed E-state index contributed by atoms with van der Waals surface area (Å²) in [6.45, 7) is 1.79. The van der Waals surface area contributed by atoms with Gasteiger partial charge < -0.3 is 5.32 Å². The number of halogens is 1. The van der Waals surface area contributed by atoms with Gasteiger partial charge in [0.1, 0.15) is 16.5 Å². The maximum atomic E-state index is 13.8. The molecule has 1 aliphatic heterocycles. The number of ketones is 1. The van der Waals surface area contributed by atoms with Crippen LogP contribution in [0.4, 0.5) is 4.39 Å². The topological polar surface area (TPSA) is 63.2 Å². The molecule has 0 amide bonds. The zero-order chi connectivity index (χ0) is 16.2. The molecular formula is C16H22FNO3S. The highest BCUT2D eigenvalue weighted by Crippen LogP contribution is 2.19. The van der Waals surface area contributed by atoms with Gasteiger partial charge in [-0.3, -0.25) is 4.79 Å². The van der Waals surface area contributed by atoms with Crippen LogP contribution in [0, 0.1) is 11.7 Å². The molecule has 1 aliphatic rings. The Kier molecular flexibility index (Phi) is 5.69. The molecule has 6 heteroatoms. The van der Waals surface area contributed by atoms with Gasteiger partial charge in [-0.1, -0.05) is 6.07 Å². The standard InChI is InChI=1S/C16H22FNO3S/c1-22(20,21)16-6-5-12(11-14(16)17)3-2-4-15(19)13-7-9-18-10-8-13/h5-6,11,13,18H,2-4,7-10H2,1H3. The molecule has 0 atom stereocenters. The maximum Gasteiger partial charge on any atom is 0.178 e. The van der Waals surface area contributed by atoms with E-state index in [0.717, 1.165) is 37.8 Å². The van der Waals surface area contributed by atoms with Crippen molar-refractivity contribution in [2.24, 2.45) is 5.92 Å². The lowest BCUT2D eigenvalue weighted by atomic mass is 9.90. The molecule has 0 aromatic heterocycles. The van der Waals surface area contributed by atoms with Crippen molar-refractivity contribution in [3.8, 4) is 0 Å². The summed E-state index contributed by atoms with van der Waals surface area (Å²) < 4.78 is 36.5. The van der Waals surface area contributed by atoms with E-state index >= 15 is 0 Å². The SMILES string of the molecule is CS(=O)(=O)c1ccc(CCCC(=O)C2CCNCC2)cc1F. The Balaban J connectivity index is 1.87. The van der Waals surface area contributed by atoms with Crippen molar-refractivity contribution in [1.82, 2.24) is 5.32 Å². The van der Waals surface area contributed by atoms with Crippen molar-refractivity contribution >= 4 is 15.6 Å². The lowest BCUT2D eigenvalue weighted by Crippen LogP contribution is -2.31. The average Bonchev–Trinajstić information content (AvgIpc) is 2.47. The Bertz CT molecular complexity index is 637. The third-order valence-corrected chi connectivity index (χ3v) is 5.21. The maximum absolute atomic E-state index is 13.8. The van der Waals surface area contributed by atoms with E-state index in [1.807, 2.05) is 0 Å². The van der Waals surface area contributed by atoms with Crippen LogP contribution in [0.15, 0.2) is 23.1 Å². The second-order valence-corrected chi connectivity index (χ2v) is 7.87. The molecule has 1 saturated heterocycles. The van der Waals surface area contributed by atoms with Gasteiger partial charge in [-0.25, -0.2) is 12.8 Å². The zero-order valence-corrected chi connectivity index (χ0v) is 13.6. The van der Waals surface area contributed by atoms with Crippen molar-refractivity contribution in [3.05, 3.63) is 29.6 Å². The van der Waals surface area contributed by atoms with Crippen molar-refractivity contribution in [2.45, 2.75) is 37.0 Å². The Labute approximate surface area is 131 Å². The molecule has 122 valence electrons. The van der Waals surface area contributed by atoms with E-state index in [1.54, 1.807) is 6.07 Å². The van der Waals surface area contributed by atoms with Gasteiger partial charge in [0.05, 0.1) is 0 Å².